The Balaban J connectivity index is 1.43. The van der Waals surface area contributed by atoms with E-state index in [2.05, 4.69) is 10.2 Å². The summed E-state index contributed by atoms with van der Waals surface area (Å²) >= 11 is 0. The van der Waals surface area contributed by atoms with E-state index in [9.17, 15) is 19.7 Å². The fourth-order valence-corrected chi connectivity index (χ4v) is 4.66. The van der Waals surface area contributed by atoms with Crippen LogP contribution < -0.4 is 10.2 Å². The maximum absolute atomic E-state index is 13.1. The Morgan fingerprint density at radius 3 is 2.77 bits per heavy atom. The Morgan fingerprint density at radius 2 is 2.06 bits per heavy atom. The van der Waals surface area contributed by atoms with Gasteiger partial charge in [0, 0.05) is 44.0 Å². The standard InChI is InChI=1S/C22H24N4O5/c27-21(23-12-14-3-4-14)17-11-15-10-16(26(29)30)5-6-18(15)25-8-7-24(13-19(17)25)22(28)20-2-1-9-31-20/h1-2,5-6,9-10,14,17,19H,3-4,7-8,11-13H2,(H,23,27). The predicted molar refractivity (Wildman–Crippen MR) is 112 cm³/mol. The highest BCUT2D eigenvalue weighted by molar-refractivity contribution is 5.92. The average Bonchev–Trinajstić information content (AvgIpc) is 3.46. The summed E-state index contributed by atoms with van der Waals surface area (Å²) in [6.45, 7) is 2.10. The van der Waals surface area contributed by atoms with Gasteiger partial charge in [0.2, 0.25) is 5.91 Å². The molecule has 1 aliphatic carbocycles. The quantitative estimate of drug-likeness (QED) is 0.582. The minimum Gasteiger partial charge on any atom is -0.459 e. The van der Waals surface area contributed by atoms with Crippen LogP contribution in [0.15, 0.2) is 41.0 Å². The topological polar surface area (TPSA) is 109 Å². The molecule has 1 saturated carbocycles. The summed E-state index contributed by atoms with van der Waals surface area (Å²) in [6.07, 6.45) is 4.17. The van der Waals surface area contributed by atoms with Crippen LogP contribution in [0.25, 0.3) is 0 Å². The Morgan fingerprint density at radius 1 is 1.23 bits per heavy atom. The minimum absolute atomic E-state index is 0.0287. The van der Waals surface area contributed by atoms with Crippen LogP contribution in [0.4, 0.5) is 11.4 Å². The molecule has 2 aliphatic heterocycles. The normalized spacial score (nSPS) is 22.5. The van der Waals surface area contributed by atoms with Crippen molar-refractivity contribution in [2.75, 3.05) is 31.1 Å². The summed E-state index contributed by atoms with van der Waals surface area (Å²) in [5.74, 6) is 0.221. The first-order chi connectivity index (χ1) is 15.0. The molecule has 2 atom stereocenters. The first-order valence-electron chi connectivity index (χ1n) is 10.7. The number of rotatable bonds is 5. The van der Waals surface area contributed by atoms with Crippen molar-refractivity contribution < 1.29 is 18.9 Å². The summed E-state index contributed by atoms with van der Waals surface area (Å²) in [7, 11) is 0. The van der Waals surface area contributed by atoms with Gasteiger partial charge in [-0.25, -0.2) is 0 Å². The number of anilines is 1. The predicted octanol–water partition coefficient (Wildman–Crippen LogP) is 2.22. The molecule has 0 radical (unpaired) electrons. The number of amides is 2. The van der Waals surface area contributed by atoms with Gasteiger partial charge in [0.05, 0.1) is 23.1 Å². The number of fused-ring (bicyclic) bond motifs is 3. The highest BCUT2D eigenvalue weighted by Gasteiger charge is 2.43. The monoisotopic (exact) mass is 424 g/mol. The second-order valence-corrected chi connectivity index (χ2v) is 8.56. The van der Waals surface area contributed by atoms with Crippen LogP contribution in [0.3, 0.4) is 0 Å². The number of nitro groups is 1. The first kappa shape index (κ1) is 19.6. The molecule has 9 nitrogen and oxygen atoms in total. The van der Waals surface area contributed by atoms with E-state index >= 15 is 0 Å². The van der Waals surface area contributed by atoms with E-state index < -0.39 is 4.92 Å². The lowest BCUT2D eigenvalue weighted by molar-refractivity contribution is -0.384. The van der Waals surface area contributed by atoms with Gasteiger partial charge in [0.15, 0.2) is 5.76 Å². The molecule has 1 saturated heterocycles. The van der Waals surface area contributed by atoms with Crippen LogP contribution in [0, 0.1) is 22.0 Å². The second-order valence-electron chi connectivity index (χ2n) is 8.56. The number of hydrogen-bond acceptors (Lipinski definition) is 6. The van der Waals surface area contributed by atoms with Gasteiger partial charge in [0.1, 0.15) is 0 Å². The van der Waals surface area contributed by atoms with E-state index in [1.54, 1.807) is 29.2 Å². The van der Waals surface area contributed by atoms with Crippen molar-refractivity contribution in [3.05, 3.63) is 58.0 Å². The number of carbonyl (C=O) groups is 2. The molecule has 0 bridgehead atoms. The number of nitrogens with zero attached hydrogens (tertiary/aromatic N) is 3. The van der Waals surface area contributed by atoms with E-state index in [0.717, 1.165) is 24.1 Å². The number of hydrogen-bond donors (Lipinski definition) is 1. The average molecular weight is 424 g/mol. The van der Waals surface area contributed by atoms with Crippen molar-refractivity contribution in [1.29, 1.82) is 0 Å². The Labute approximate surface area is 179 Å². The molecule has 1 N–H and O–H groups in total. The number of nitrogens with one attached hydrogen (secondary N) is 1. The van der Waals surface area contributed by atoms with Gasteiger partial charge < -0.3 is 19.5 Å². The molecular weight excluding hydrogens is 400 g/mol. The van der Waals surface area contributed by atoms with Crippen LogP contribution in [-0.2, 0) is 11.2 Å². The third kappa shape index (κ3) is 3.75. The number of benzene rings is 1. The van der Waals surface area contributed by atoms with Crippen LogP contribution in [0.2, 0.25) is 0 Å². The van der Waals surface area contributed by atoms with E-state index in [4.69, 9.17) is 4.42 Å². The molecule has 9 heteroatoms. The van der Waals surface area contributed by atoms with Crippen molar-refractivity contribution in [2.45, 2.75) is 25.3 Å². The molecule has 162 valence electrons. The summed E-state index contributed by atoms with van der Waals surface area (Å²) in [6, 6.07) is 7.98. The fraction of sp³-hybridized carbons (Fsp3) is 0.455. The zero-order valence-electron chi connectivity index (χ0n) is 17.0. The van der Waals surface area contributed by atoms with Crippen molar-refractivity contribution in [3.63, 3.8) is 0 Å². The smallest absolute Gasteiger partial charge is 0.289 e. The molecule has 2 amide bonds. The molecule has 1 aromatic heterocycles. The third-order valence-electron chi connectivity index (χ3n) is 6.52. The molecule has 1 aromatic carbocycles. The van der Waals surface area contributed by atoms with Crippen LogP contribution in [0.1, 0.15) is 29.0 Å². The number of piperazine rings is 1. The molecule has 2 fully saturated rings. The summed E-state index contributed by atoms with van der Waals surface area (Å²) in [5, 5.41) is 14.3. The fourth-order valence-electron chi connectivity index (χ4n) is 4.66. The van der Waals surface area contributed by atoms with Crippen LogP contribution in [0.5, 0.6) is 0 Å². The molecule has 2 aromatic rings. The summed E-state index contributed by atoms with van der Waals surface area (Å²) in [4.78, 5) is 40.7. The van der Waals surface area contributed by atoms with Gasteiger partial charge in [-0.15, -0.1) is 0 Å². The van der Waals surface area contributed by atoms with E-state index in [1.165, 1.54) is 12.3 Å². The Kier molecular flexibility index (Phi) is 4.88. The summed E-state index contributed by atoms with van der Waals surface area (Å²) < 4.78 is 5.27. The molecule has 0 spiro atoms. The van der Waals surface area contributed by atoms with Gasteiger partial charge in [-0.05, 0) is 48.9 Å². The van der Waals surface area contributed by atoms with Crippen molar-refractivity contribution in [1.82, 2.24) is 10.2 Å². The van der Waals surface area contributed by atoms with Crippen molar-refractivity contribution in [3.8, 4) is 0 Å². The summed E-state index contributed by atoms with van der Waals surface area (Å²) in [5.41, 5.74) is 1.75. The largest absolute Gasteiger partial charge is 0.459 e. The highest BCUT2D eigenvalue weighted by Crippen LogP contribution is 2.38. The Hall–Kier alpha value is -3.36. The van der Waals surface area contributed by atoms with Gasteiger partial charge >= 0.3 is 0 Å². The highest BCUT2D eigenvalue weighted by atomic mass is 16.6. The van der Waals surface area contributed by atoms with Crippen LogP contribution in [-0.4, -0.2) is 53.9 Å². The van der Waals surface area contributed by atoms with Gasteiger partial charge in [-0.1, -0.05) is 0 Å². The maximum atomic E-state index is 13.1. The molecule has 2 unspecified atom stereocenters. The van der Waals surface area contributed by atoms with E-state index in [-0.39, 0.29) is 35.2 Å². The molecule has 5 rings (SSSR count). The zero-order valence-corrected chi connectivity index (χ0v) is 17.0. The Bertz CT molecular complexity index is 1020. The lowest BCUT2D eigenvalue weighted by Gasteiger charge is -2.48. The van der Waals surface area contributed by atoms with Crippen LogP contribution >= 0.6 is 0 Å². The number of carbonyl (C=O) groups excluding carboxylic acids is 2. The van der Waals surface area contributed by atoms with E-state index in [1.807, 2.05) is 0 Å². The lowest BCUT2D eigenvalue weighted by Crippen LogP contribution is -2.62. The minimum atomic E-state index is -0.408. The lowest BCUT2D eigenvalue weighted by atomic mass is 9.83. The van der Waals surface area contributed by atoms with Gasteiger partial charge in [0.25, 0.3) is 11.6 Å². The zero-order chi connectivity index (χ0) is 21.5. The molecule has 31 heavy (non-hydrogen) atoms. The van der Waals surface area contributed by atoms with Gasteiger partial charge in [-0.3, -0.25) is 19.7 Å². The number of furan rings is 1. The molecule has 3 heterocycles. The second kappa shape index (κ2) is 7.72. The van der Waals surface area contributed by atoms with Crippen molar-refractivity contribution >= 4 is 23.2 Å². The van der Waals surface area contributed by atoms with Crippen molar-refractivity contribution in [2.24, 2.45) is 11.8 Å². The maximum Gasteiger partial charge on any atom is 0.289 e. The molecule has 3 aliphatic rings. The number of non-ortho nitro benzene ring substituents is 1. The third-order valence-corrected chi connectivity index (χ3v) is 6.52. The number of nitro benzene ring substituents is 1. The first-order valence-corrected chi connectivity index (χ1v) is 10.7. The van der Waals surface area contributed by atoms with Gasteiger partial charge in [-0.2, -0.15) is 0 Å². The molecular formula is C22H24N4O5. The SMILES string of the molecule is O=C(NCC1CC1)C1Cc2cc([N+](=O)[O-])ccc2N2CCN(C(=O)c3ccco3)CC12. The van der Waals surface area contributed by atoms with E-state index in [0.29, 0.717) is 38.5 Å².